The Kier molecular flexibility index (Phi) is 7.09. The molecule has 0 atom stereocenters. The van der Waals surface area contributed by atoms with E-state index >= 15 is 0 Å². The molecular weight excluding hydrogens is 296 g/mol. The van der Waals surface area contributed by atoms with Crippen molar-refractivity contribution < 1.29 is 9.84 Å². The molecule has 0 saturated heterocycles. The predicted molar refractivity (Wildman–Crippen MR) is 92.9 cm³/mol. The summed E-state index contributed by atoms with van der Waals surface area (Å²) in [6.07, 6.45) is 3.46. The fourth-order valence-corrected chi connectivity index (χ4v) is 3.38. The molecule has 1 aromatic heterocycles. The van der Waals surface area contributed by atoms with Crippen LogP contribution in [-0.2, 0) is 6.42 Å². The Morgan fingerprint density at radius 3 is 2.86 bits per heavy atom. The molecule has 0 aliphatic carbocycles. The number of aryl methyl sites for hydroxylation is 1. The van der Waals surface area contributed by atoms with Crippen LogP contribution in [0.2, 0.25) is 0 Å². The molecule has 0 aliphatic heterocycles. The molecule has 0 saturated carbocycles. The van der Waals surface area contributed by atoms with Crippen LogP contribution in [0.5, 0.6) is 5.75 Å². The van der Waals surface area contributed by atoms with Crippen LogP contribution in [0.25, 0.3) is 10.2 Å². The van der Waals surface area contributed by atoms with Crippen LogP contribution in [0.15, 0.2) is 18.2 Å². The Bertz CT molecular complexity index is 571. The standard InChI is InChI=1S/C17H26N2O2S/c1-3-5-6-17-18-15-8-7-14(13-16(15)22-17)21-12-10-19(4-2)9-11-20/h7-8,13,20H,3-6,9-12H2,1-2H3. The lowest BCUT2D eigenvalue weighted by molar-refractivity contribution is 0.174. The number of rotatable bonds is 10. The highest BCUT2D eigenvalue weighted by Crippen LogP contribution is 2.27. The summed E-state index contributed by atoms with van der Waals surface area (Å²) >= 11 is 1.77. The lowest BCUT2D eigenvalue weighted by Gasteiger charge is -2.19. The SMILES string of the molecule is CCCCc1nc2ccc(OCCN(CC)CCO)cc2s1. The second-order valence-electron chi connectivity index (χ2n) is 5.35. The van der Waals surface area contributed by atoms with Crippen LogP contribution in [0.1, 0.15) is 31.7 Å². The number of thiazole rings is 1. The Morgan fingerprint density at radius 2 is 2.14 bits per heavy atom. The van der Waals surface area contributed by atoms with Crippen molar-refractivity contribution in [3.8, 4) is 5.75 Å². The Morgan fingerprint density at radius 1 is 1.27 bits per heavy atom. The number of fused-ring (bicyclic) bond motifs is 1. The van der Waals surface area contributed by atoms with Gasteiger partial charge in [0.05, 0.1) is 21.8 Å². The Hall–Kier alpha value is -1.17. The Balaban J connectivity index is 1.91. The number of benzene rings is 1. The van der Waals surface area contributed by atoms with Gasteiger partial charge in [0.25, 0.3) is 0 Å². The monoisotopic (exact) mass is 322 g/mol. The summed E-state index contributed by atoms with van der Waals surface area (Å²) in [7, 11) is 0. The van der Waals surface area contributed by atoms with Gasteiger partial charge in [-0.1, -0.05) is 20.3 Å². The molecule has 1 N–H and O–H groups in total. The number of unbranched alkanes of at least 4 members (excludes halogenated alkanes) is 1. The first-order valence-electron chi connectivity index (χ1n) is 8.12. The van der Waals surface area contributed by atoms with E-state index < -0.39 is 0 Å². The van der Waals surface area contributed by atoms with Gasteiger partial charge in [0.2, 0.25) is 0 Å². The molecule has 0 aliphatic rings. The molecular formula is C17H26N2O2S. The minimum Gasteiger partial charge on any atom is -0.492 e. The fraction of sp³-hybridized carbons (Fsp3) is 0.588. The summed E-state index contributed by atoms with van der Waals surface area (Å²) in [4.78, 5) is 6.84. The van der Waals surface area contributed by atoms with Crippen molar-refractivity contribution in [1.82, 2.24) is 9.88 Å². The molecule has 0 fully saturated rings. The predicted octanol–water partition coefficient (Wildman–Crippen LogP) is 3.33. The van der Waals surface area contributed by atoms with Crippen molar-refractivity contribution in [3.05, 3.63) is 23.2 Å². The van der Waals surface area contributed by atoms with Crippen LogP contribution < -0.4 is 4.74 Å². The van der Waals surface area contributed by atoms with E-state index in [0.717, 1.165) is 30.8 Å². The third-order valence-corrected chi connectivity index (χ3v) is 4.77. The molecule has 0 radical (unpaired) electrons. The van der Waals surface area contributed by atoms with E-state index in [2.05, 4.69) is 29.8 Å². The van der Waals surface area contributed by atoms with E-state index in [0.29, 0.717) is 13.2 Å². The highest BCUT2D eigenvalue weighted by atomic mass is 32.1. The second-order valence-corrected chi connectivity index (χ2v) is 6.46. The average molecular weight is 322 g/mol. The van der Waals surface area contributed by atoms with Crippen LogP contribution in [0.4, 0.5) is 0 Å². The number of nitrogens with zero attached hydrogens (tertiary/aromatic N) is 2. The van der Waals surface area contributed by atoms with E-state index in [1.165, 1.54) is 22.5 Å². The maximum Gasteiger partial charge on any atom is 0.120 e. The average Bonchev–Trinajstić information content (AvgIpc) is 2.94. The van der Waals surface area contributed by atoms with Gasteiger partial charge in [-0.15, -0.1) is 11.3 Å². The van der Waals surface area contributed by atoms with Crippen LogP contribution in [0.3, 0.4) is 0 Å². The molecule has 22 heavy (non-hydrogen) atoms. The first-order valence-corrected chi connectivity index (χ1v) is 8.94. The van der Waals surface area contributed by atoms with E-state index in [-0.39, 0.29) is 6.61 Å². The van der Waals surface area contributed by atoms with Crippen molar-refractivity contribution in [1.29, 1.82) is 0 Å². The fourth-order valence-electron chi connectivity index (χ4n) is 2.34. The summed E-state index contributed by atoms with van der Waals surface area (Å²) in [5, 5.41) is 10.2. The van der Waals surface area contributed by atoms with Gasteiger partial charge in [-0.3, -0.25) is 4.90 Å². The number of hydrogen-bond acceptors (Lipinski definition) is 5. The zero-order valence-corrected chi connectivity index (χ0v) is 14.4. The van der Waals surface area contributed by atoms with Crippen molar-refractivity contribution >= 4 is 21.6 Å². The van der Waals surface area contributed by atoms with Gasteiger partial charge < -0.3 is 9.84 Å². The summed E-state index contributed by atoms with van der Waals surface area (Å²) < 4.78 is 7.04. The normalized spacial score (nSPS) is 11.5. The topological polar surface area (TPSA) is 45.6 Å². The lowest BCUT2D eigenvalue weighted by Crippen LogP contribution is -2.30. The number of hydrogen-bond donors (Lipinski definition) is 1. The van der Waals surface area contributed by atoms with Gasteiger partial charge >= 0.3 is 0 Å². The second kappa shape index (κ2) is 9.08. The number of ether oxygens (including phenoxy) is 1. The number of aromatic nitrogens is 1. The van der Waals surface area contributed by atoms with Gasteiger partial charge in [-0.2, -0.15) is 0 Å². The molecule has 2 rings (SSSR count). The third kappa shape index (κ3) is 4.93. The van der Waals surface area contributed by atoms with Crippen molar-refractivity contribution in [2.24, 2.45) is 0 Å². The first-order chi connectivity index (χ1) is 10.8. The molecule has 2 aromatic rings. The molecule has 0 bridgehead atoms. The number of aliphatic hydroxyl groups is 1. The molecule has 4 nitrogen and oxygen atoms in total. The molecule has 122 valence electrons. The van der Waals surface area contributed by atoms with E-state index in [9.17, 15) is 0 Å². The maximum absolute atomic E-state index is 8.98. The summed E-state index contributed by atoms with van der Waals surface area (Å²) in [6.45, 7) is 7.60. The van der Waals surface area contributed by atoms with Crippen molar-refractivity contribution in [2.45, 2.75) is 33.1 Å². The van der Waals surface area contributed by atoms with Crippen molar-refractivity contribution in [2.75, 3.05) is 32.8 Å². The van der Waals surface area contributed by atoms with Gasteiger partial charge in [0.15, 0.2) is 0 Å². The third-order valence-electron chi connectivity index (χ3n) is 3.69. The molecule has 1 aromatic carbocycles. The van der Waals surface area contributed by atoms with Crippen LogP contribution in [0, 0.1) is 0 Å². The van der Waals surface area contributed by atoms with Gasteiger partial charge in [0, 0.05) is 13.1 Å². The summed E-state index contributed by atoms with van der Waals surface area (Å²) in [5.41, 5.74) is 1.07. The van der Waals surface area contributed by atoms with Crippen LogP contribution in [-0.4, -0.2) is 47.8 Å². The van der Waals surface area contributed by atoms with Crippen molar-refractivity contribution in [3.63, 3.8) is 0 Å². The van der Waals surface area contributed by atoms with E-state index in [1.807, 2.05) is 12.1 Å². The minimum atomic E-state index is 0.196. The molecule has 1 heterocycles. The number of aliphatic hydroxyl groups excluding tert-OH is 1. The molecule has 0 amide bonds. The van der Waals surface area contributed by atoms with Gasteiger partial charge in [-0.05, 0) is 37.6 Å². The Labute approximate surface area is 136 Å². The minimum absolute atomic E-state index is 0.196. The zero-order valence-electron chi connectivity index (χ0n) is 13.5. The lowest BCUT2D eigenvalue weighted by atomic mass is 10.2. The van der Waals surface area contributed by atoms with E-state index in [1.54, 1.807) is 11.3 Å². The number of likely N-dealkylation sites (N-methyl/N-ethyl adjacent to an activating group) is 1. The maximum atomic E-state index is 8.98. The quantitative estimate of drug-likeness (QED) is 0.729. The van der Waals surface area contributed by atoms with Gasteiger partial charge in [0.1, 0.15) is 12.4 Å². The summed E-state index contributed by atoms with van der Waals surface area (Å²) in [5.74, 6) is 0.901. The smallest absolute Gasteiger partial charge is 0.120 e. The van der Waals surface area contributed by atoms with Crippen LogP contribution >= 0.6 is 11.3 Å². The highest BCUT2D eigenvalue weighted by molar-refractivity contribution is 7.18. The van der Waals surface area contributed by atoms with E-state index in [4.69, 9.17) is 9.84 Å². The molecule has 5 heteroatoms. The summed E-state index contributed by atoms with van der Waals surface area (Å²) in [6, 6.07) is 6.13. The molecule has 0 unspecified atom stereocenters. The zero-order chi connectivity index (χ0) is 15.8. The largest absolute Gasteiger partial charge is 0.492 e. The van der Waals surface area contributed by atoms with Gasteiger partial charge in [-0.25, -0.2) is 4.98 Å². The molecule has 0 spiro atoms. The first kappa shape index (κ1) is 17.2. The highest BCUT2D eigenvalue weighted by Gasteiger charge is 2.06.